The molecule has 1 amide bonds. The molecule has 0 aromatic carbocycles. The standard InChI is InChI=1S/C15H32N2OS/c1-13(2)14(9-10-16)7-8-15(18)17-11-5-4-6-12-19-3/h13-14H,4-12,16H2,1-3H3,(H,17,18). The minimum atomic E-state index is 0.201. The van der Waals surface area contributed by atoms with Crippen LogP contribution in [0.1, 0.15) is 52.4 Å². The average Bonchev–Trinajstić information content (AvgIpc) is 2.38. The lowest BCUT2D eigenvalue weighted by Crippen LogP contribution is -2.25. The van der Waals surface area contributed by atoms with Gasteiger partial charge in [0.05, 0.1) is 0 Å². The van der Waals surface area contributed by atoms with Gasteiger partial charge in [0.15, 0.2) is 0 Å². The molecule has 0 bridgehead atoms. The summed E-state index contributed by atoms with van der Waals surface area (Å²) in [6.07, 6.45) is 8.34. The first-order chi connectivity index (χ1) is 9.11. The maximum atomic E-state index is 11.7. The van der Waals surface area contributed by atoms with Crippen molar-refractivity contribution in [1.29, 1.82) is 0 Å². The summed E-state index contributed by atoms with van der Waals surface area (Å²) >= 11 is 1.89. The number of thioether (sulfide) groups is 1. The minimum absolute atomic E-state index is 0.201. The number of hydrogen-bond acceptors (Lipinski definition) is 3. The SMILES string of the molecule is CSCCCCCNC(=O)CCC(CCN)C(C)C. The van der Waals surface area contributed by atoms with Crippen molar-refractivity contribution in [3.05, 3.63) is 0 Å². The molecule has 1 atom stereocenters. The van der Waals surface area contributed by atoms with Crippen molar-refractivity contribution in [1.82, 2.24) is 5.32 Å². The van der Waals surface area contributed by atoms with Crippen molar-refractivity contribution in [2.45, 2.75) is 52.4 Å². The Kier molecular flexibility index (Phi) is 12.6. The Labute approximate surface area is 123 Å². The van der Waals surface area contributed by atoms with Crippen LogP contribution in [0.2, 0.25) is 0 Å². The van der Waals surface area contributed by atoms with Crippen LogP contribution >= 0.6 is 11.8 Å². The van der Waals surface area contributed by atoms with E-state index >= 15 is 0 Å². The monoisotopic (exact) mass is 288 g/mol. The molecule has 114 valence electrons. The lowest BCUT2D eigenvalue weighted by Gasteiger charge is -2.19. The van der Waals surface area contributed by atoms with Gasteiger partial charge in [0.25, 0.3) is 0 Å². The lowest BCUT2D eigenvalue weighted by atomic mass is 9.88. The van der Waals surface area contributed by atoms with E-state index in [0.29, 0.717) is 18.3 Å². The summed E-state index contributed by atoms with van der Waals surface area (Å²) in [5.41, 5.74) is 5.61. The second kappa shape index (κ2) is 12.8. The fraction of sp³-hybridized carbons (Fsp3) is 0.933. The van der Waals surface area contributed by atoms with Gasteiger partial charge in [-0.05, 0) is 56.1 Å². The smallest absolute Gasteiger partial charge is 0.220 e. The van der Waals surface area contributed by atoms with Crippen LogP contribution < -0.4 is 11.1 Å². The van der Waals surface area contributed by atoms with Gasteiger partial charge in [-0.3, -0.25) is 4.79 Å². The zero-order valence-electron chi connectivity index (χ0n) is 12.9. The lowest BCUT2D eigenvalue weighted by molar-refractivity contribution is -0.121. The van der Waals surface area contributed by atoms with Crippen molar-refractivity contribution in [3.8, 4) is 0 Å². The van der Waals surface area contributed by atoms with Gasteiger partial charge in [-0.15, -0.1) is 0 Å². The van der Waals surface area contributed by atoms with E-state index in [-0.39, 0.29) is 5.91 Å². The van der Waals surface area contributed by atoms with E-state index < -0.39 is 0 Å². The summed E-state index contributed by atoms with van der Waals surface area (Å²) in [6, 6.07) is 0. The fourth-order valence-corrected chi connectivity index (χ4v) is 2.70. The van der Waals surface area contributed by atoms with Gasteiger partial charge in [-0.1, -0.05) is 20.3 Å². The van der Waals surface area contributed by atoms with Gasteiger partial charge in [-0.25, -0.2) is 0 Å². The molecule has 0 heterocycles. The molecule has 0 aliphatic heterocycles. The van der Waals surface area contributed by atoms with Crippen LogP contribution in [0.5, 0.6) is 0 Å². The summed E-state index contributed by atoms with van der Waals surface area (Å²) in [6.45, 7) is 5.98. The molecule has 0 radical (unpaired) electrons. The van der Waals surface area contributed by atoms with Gasteiger partial charge in [0, 0.05) is 13.0 Å². The van der Waals surface area contributed by atoms with Crippen LogP contribution in [0, 0.1) is 11.8 Å². The van der Waals surface area contributed by atoms with E-state index in [4.69, 9.17) is 5.73 Å². The van der Waals surface area contributed by atoms with Gasteiger partial charge in [0.2, 0.25) is 5.91 Å². The van der Waals surface area contributed by atoms with E-state index in [1.807, 2.05) is 11.8 Å². The molecular formula is C15H32N2OS. The topological polar surface area (TPSA) is 55.1 Å². The molecule has 19 heavy (non-hydrogen) atoms. The molecule has 0 saturated carbocycles. The fourth-order valence-electron chi connectivity index (χ4n) is 2.21. The molecule has 0 aliphatic rings. The summed E-state index contributed by atoms with van der Waals surface area (Å²) in [7, 11) is 0. The van der Waals surface area contributed by atoms with Crippen molar-refractivity contribution in [3.63, 3.8) is 0 Å². The summed E-state index contributed by atoms with van der Waals surface area (Å²) in [5.74, 6) is 2.62. The van der Waals surface area contributed by atoms with E-state index in [0.717, 1.165) is 32.4 Å². The third kappa shape index (κ3) is 11.3. The van der Waals surface area contributed by atoms with Crippen LogP contribution in [0.25, 0.3) is 0 Å². The molecule has 3 N–H and O–H groups in total. The highest BCUT2D eigenvalue weighted by atomic mass is 32.2. The van der Waals surface area contributed by atoms with Crippen LogP contribution in [-0.2, 0) is 4.79 Å². The third-order valence-corrected chi connectivity index (χ3v) is 4.27. The number of nitrogens with one attached hydrogen (secondary N) is 1. The highest BCUT2D eigenvalue weighted by Gasteiger charge is 2.14. The highest BCUT2D eigenvalue weighted by molar-refractivity contribution is 7.98. The number of carbonyl (C=O) groups excluding carboxylic acids is 1. The molecule has 4 heteroatoms. The predicted molar refractivity (Wildman–Crippen MR) is 86.5 cm³/mol. The van der Waals surface area contributed by atoms with E-state index in [9.17, 15) is 4.79 Å². The Balaban J connectivity index is 3.57. The Morgan fingerprint density at radius 2 is 1.95 bits per heavy atom. The third-order valence-electron chi connectivity index (χ3n) is 3.57. The zero-order chi connectivity index (χ0) is 14.5. The first kappa shape index (κ1) is 18.8. The first-order valence-electron chi connectivity index (χ1n) is 7.57. The Hall–Kier alpha value is -0.220. The number of unbranched alkanes of at least 4 members (excludes halogenated alkanes) is 2. The van der Waals surface area contributed by atoms with Crippen LogP contribution in [0.15, 0.2) is 0 Å². The van der Waals surface area contributed by atoms with E-state index in [1.165, 1.54) is 18.6 Å². The summed E-state index contributed by atoms with van der Waals surface area (Å²) in [5, 5.41) is 3.02. The molecule has 0 fully saturated rings. The van der Waals surface area contributed by atoms with Gasteiger partial charge in [-0.2, -0.15) is 11.8 Å². The first-order valence-corrected chi connectivity index (χ1v) is 8.96. The Morgan fingerprint density at radius 1 is 1.21 bits per heavy atom. The molecule has 0 rings (SSSR count). The maximum Gasteiger partial charge on any atom is 0.220 e. The van der Waals surface area contributed by atoms with Gasteiger partial charge < -0.3 is 11.1 Å². The molecule has 0 aromatic heterocycles. The summed E-state index contributed by atoms with van der Waals surface area (Å²) < 4.78 is 0. The zero-order valence-corrected chi connectivity index (χ0v) is 13.7. The maximum absolute atomic E-state index is 11.7. The van der Waals surface area contributed by atoms with E-state index in [1.54, 1.807) is 0 Å². The van der Waals surface area contributed by atoms with Crippen molar-refractivity contribution >= 4 is 17.7 Å². The molecule has 1 unspecified atom stereocenters. The number of nitrogens with two attached hydrogens (primary N) is 1. The van der Waals surface area contributed by atoms with Crippen molar-refractivity contribution < 1.29 is 4.79 Å². The number of carbonyl (C=O) groups is 1. The molecule has 0 saturated heterocycles. The van der Waals surface area contributed by atoms with E-state index in [2.05, 4.69) is 25.4 Å². The van der Waals surface area contributed by atoms with Crippen LogP contribution in [0.3, 0.4) is 0 Å². The molecule has 0 aliphatic carbocycles. The van der Waals surface area contributed by atoms with Crippen LogP contribution in [-0.4, -0.2) is 31.0 Å². The van der Waals surface area contributed by atoms with Gasteiger partial charge >= 0.3 is 0 Å². The number of hydrogen-bond donors (Lipinski definition) is 2. The van der Waals surface area contributed by atoms with Crippen molar-refractivity contribution in [2.24, 2.45) is 17.6 Å². The normalized spacial score (nSPS) is 12.7. The second-order valence-electron chi connectivity index (χ2n) is 5.52. The number of rotatable bonds is 12. The molecule has 0 aromatic rings. The Morgan fingerprint density at radius 3 is 2.53 bits per heavy atom. The summed E-state index contributed by atoms with van der Waals surface area (Å²) in [4.78, 5) is 11.7. The minimum Gasteiger partial charge on any atom is -0.356 e. The van der Waals surface area contributed by atoms with Crippen molar-refractivity contribution in [2.75, 3.05) is 25.1 Å². The highest BCUT2D eigenvalue weighted by Crippen LogP contribution is 2.20. The number of amides is 1. The van der Waals surface area contributed by atoms with Gasteiger partial charge in [0.1, 0.15) is 0 Å². The largest absolute Gasteiger partial charge is 0.356 e. The second-order valence-corrected chi connectivity index (χ2v) is 6.51. The van der Waals surface area contributed by atoms with Crippen LogP contribution in [0.4, 0.5) is 0 Å². The Bertz CT molecular complexity index is 222. The molecular weight excluding hydrogens is 256 g/mol. The molecule has 0 spiro atoms. The average molecular weight is 289 g/mol. The molecule has 3 nitrogen and oxygen atoms in total. The predicted octanol–water partition coefficient (Wildman–Crippen LogP) is 3.04. The quantitative estimate of drug-likeness (QED) is 0.543.